The van der Waals surface area contributed by atoms with Gasteiger partial charge in [0.2, 0.25) is 0 Å². The van der Waals surface area contributed by atoms with Crippen molar-refractivity contribution in [3.8, 4) is 0 Å². The second kappa shape index (κ2) is 2.66. The predicted octanol–water partition coefficient (Wildman–Crippen LogP) is -0.547. The maximum absolute atomic E-state index is 8.95. The molecule has 0 spiro atoms. The molecule has 1 atom stereocenters. The first-order valence-electron chi connectivity index (χ1n) is 3.74. The van der Waals surface area contributed by atoms with Gasteiger partial charge < -0.3 is 20.4 Å². The third-order valence-electron chi connectivity index (χ3n) is 1.91. The summed E-state index contributed by atoms with van der Waals surface area (Å²) in [7, 11) is 0. The lowest BCUT2D eigenvalue weighted by Crippen LogP contribution is -2.43. The van der Waals surface area contributed by atoms with Crippen LogP contribution in [0.5, 0.6) is 0 Å². The summed E-state index contributed by atoms with van der Waals surface area (Å²) in [5.74, 6) is 0. The van der Waals surface area contributed by atoms with Crippen LogP contribution in [-0.4, -0.2) is 27.6 Å². The minimum Gasteiger partial charge on any atom is -0.365 e. The number of aliphatic hydroxyl groups is 2. The predicted molar refractivity (Wildman–Crippen MR) is 43.4 cm³/mol. The zero-order valence-corrected chi connectivity index (χ0v) is 6.38. The van der Waals surface area contributed by atoms with Crippen LogP contribution in [0.3, 0.4) is 0 Å². The number of allylic oxidation sites excluding steroid dienone is 3. The molecule has 0 saturated heterocycles. The van der Waals surface area contributed by atoms with Gasteiger partial charge in [-0.25, -0.2) is 0 Å². The van der Waals surface area contributed by atoms with Gasteiger partial charge in [0.15, 0.2) is 12.5 Å². The number of fused-ring (bicyclic) bond motifs is 1. The summed E-state index contributed by atoms with van der Waals surface area (Å²) in [6.45, 7) is 0. The molecule has 0 saturated carbocycles. The Morgan fingerprint density at radius 3 is 3.00 bits per heavy atom. The number of nitrogens with one attached hydrogen (secondary N) is 1. The molecular formula is C8H10N2O2. The lowest BCUT2D eigenvalue weighted by atomic mass is 10.3. The molecule has 0 bridgehead atoms. The second-order valence-corrected chi connectivity index (χ2v) is 2.70. The fourth-order valence-corrected chi connectivity index (χ4v) is 1.33. The molecule has 0 amide bonds. The molecule has 3 N–H and O–H groups in total. The lowest BCUT2D eigenvalue weighted by Gasteiger charge is -2.26. The van der Waals surface area contributed by atoms with Crippen LogP contribution in [0.15, 0.2) is 36.3 Å². The summed E-state index contributed by atoms with van der Waals surface area (Å²) in [5.41, 5.74) is 0.940. The van der Waals surface area contributed by atoms with E-state index in [-0.39, 0.29) is 0 Å². The van der Waals surface area contributed by atoms with Crippen LogP contribution >= 0.6 is 0 Å². The van der Waals surface area contributed by atoms with Crippen molar-refractivity contribution in [2.45, 2.75) is 12.5 Å². The fourth-order valence-electron chi connectivity index (χ4n) is 1.33. The molecule has 2 aliphatic rings. The first kappa shape index (κ1) is 7.39. The first-order chi connectivity index (χ1) is 5.79. The Kier molecular flexibility index (Phi) is 1.64. The van der Waals surface area contributed by atoms with E-state index < -0.39 is 12.5 Å². The zero-order valence-electron chi connectivity index (χ0n) is 6.38. The summed E-state index contributed by atoms with van der Waals surface area (Å²) in [5, 5.41) is 20.8. The highest BCUT2D eigenvalue weighted by molar-refractivity contribution is 5.31. The van der Waals surface area contributed by atoms with Crippen molar-refractivity contribution in [3.63, 3.8) is 0 Å². The smallest absolute Gasteiger partial charge is 0.191 e. The summed E-state index contributed by atoms with van der Waals surface area (Å²) in [6, 6.07) is 0. The van der Waals surface area contributed by atoms with Gasteiger partial charge >= 0.3 is 0 Å². The van der Waals surface area contributed by atoms with E-state index in [1.165, 1.54) is 0 Å². The minimum atomic E-state index is -1.38. The van der Waals surface area contributed by atoms with Gasteiger partial charge in [-0.15, -0.1) is 0 Å². The average molecular weight is 166 g/mol. The molecule has 0 aromatic carbocycles. The van der Waals surface area contributed by atoms with E-state index in [9.17, 15) is 0 Å². The first-order valence-corrected chi connectivity index (χ1v) is 3.74. The van der Waals surface area contributed by atoms with E-state index in [1.807, 2.05) is 18.2 Å². The van der Waals surface area contributed by atoms with Gasteiger partial charge in [-0.2, -0.15) is 0 Å². The SMILES string of the molecule is OC(O)C1NC=C2C=CC=CN21. The molecule has 0 fully saturated rings. The van der Waals surface area contributed by atoms with Gasteiger partial charge in [-0.05, 0) is 12.2 Å². The van der Waals surface area contributed by atoms with Crippen LogP contribution in [0.25, 0.3) is 0 Å². The molecule has 2 heterocycles. The summed E-state index contributed by atoms with van der Waals surface area (Å²) < 4.78 is 0. The molecule has 4 nitrogen and oxygen atoms in total. The highest BCUT2D eigenvalue weighted by atomic mass is 16.5. The van der Waals surface area contributed by atoms with Gasteiger partial charge in [0.25, 0.3) is 0 Å². The Hall–Kier alpha value is -1.26. The molecule has 0 aromatic heterocycles. The Labute approximate surface area is 70.1 Å². The van der Waals surface area contributed by atoms with E-state index >= 15 is 0 Å². The lowest BCUT2D eigenvalue weighted by molar-refractivity contribution is -0.0868. The molecule has 64 valence electrons. The quantitative estimate of drug-likeness (QED) is 0.458. The van der Waals surface area contributed by atoms with Crippen LogP contribution in [-0.2, 0) is 0 Å². The highest BCUT2D eigenvalue weighted by Gasteiger charge is 2.28. The van der Waals surface area contributed by atoms with Gasteiger partial charge in [-0.3, -0.25) is 0 Å². The third kappa shape index (κ3) is 1.01. The largest absolute Gasteiger partial charge is 0.365 e. The Morgan fingerprint density at radius 1 is 1.42 bits per heavy atom. The van der Waals surface area contributed by atoms with E-state index in [2.05, 4.69) is 5.32 Å². The fraction of sp³-hybridized carbons (Fsp3) is 0.250. The van der Waals surface area contributed by atoms with Crippen LogP contribution < -0.4 is 5.32 Å². The standard InChI is InChI=1S/C8H10N2O2/c11-8(12)7-9-5-6-3-1-2-4-10(6)7/h1-5,7-9,11-12H. The summed E-state index contributed by atoms with van der Waals surface area (Å²) >= 11 is 0. The number of rotatable bonds is 1. The second-order valence-electron chi connectivity index (χ2n) is 2.70. The average Bonchev–Trinajstić information content (AvgIpc) is 2.47. The van der Waals surface area contributed by atoms with Crippen molar-refractivity contribution in [2.75, 3.05) is 0 Å². The van der Waals surface area contributed by atoms with Crippen molar-refractivity contribution in [2.24, 2.45) is 0 Å². The Morgan fingerprint density at radius 2 is 2.25 bits per heavy atom. The van der Waals surface area contributed by atoms with Crippen LogP contribution in [0.1, 0.15) is 0 Å². The third-order valence-corrected chi connectivity index (χ3v) is 1.91. The molecule has 12 heavy (non-hydrogen) atoms. The molecule has 2 aliphatic heterocycles. The monoisotopic (exact) mass is 166 g/mol. The molecule has 0 aromatic rings. The molecular weight excluding hydrogens is 156 g/mol. The van der Waals surface area contributed by atoms with Gasteiger partial charge in [0.05, 0.1) is 5.70 Å². The topological polar surface area (TPSA) is 55.7 Å². The molecule has 0 aliphatic carbocycles. The van der Waals surface area contributed by atoms with Crippen LogP contribution in [0, 0.1) is 0 Å². The normalized spacial score (nSPS) is 25.8. The number of aliphatic hydroxyl groups excluding tert-OH is 1. The highest BCUT2D eigenvalue weighted by Crippen LogP contribution is 2.20. The molecule has 0 radical (unpaired) electrons. The number of hydrogen-bond donors (Lipinski definition) is 3. The summed E-state index contributed by atoms with van der Waals surface area (Å²) in [6.07, 6.45) is 7.36. The van der Waals surface area contributed by atoms with Crippen molar-refractivity contribution in [1.29, 1.82) is 0 Å². The number of hydrogen-bond acceptors (Lipinski definition) is 4. The van der Waals surface area contributed by atoms with Crippen molar-refractivity contribution < 1.29 is 10.2 Å². The maximum Gasteiger partial charge on any atom is 0.191 e. The van der Waals surface area contributed by atoms with Crippen molar-refractivity contribution in [1.82, 2.24) is 10.2 Å². The van der Waals surface area contributed by atoms with E-state index in [1.54, 1.807) is 17.3 Å². The van der Waals surface area contributed by atoms with Gasteiger partial charge in [-0.1, -0.05) is 6.08 Å². The van der Waals surface area contributed by atoms with Crippen molar-refractivity contribution in [3.05, 3.63) is 36.3 Å². The minimum absolute atomic E-state index is 0.457. The van der Waals surface area contributed by atoms with E-state index in [0.717, 1.165) is 5.70 Å². The molecule has 2 rings (SSSR count). The van der Waals surface area contributed by atoms with E-state index in [0.29, 0.717) is 0 Å². The Balaban J connectivity index is 2.19. The van der Waals surface area contributed by atoms with Crippen LogP contribution in [0.4, 0.5) is 0 Å². The van der Waals surface area contributed by atoms with Crippen LogP contribution in [0.2, 0.25) is 0 Å². The maximum atomic E-state index is 8.95. The van der Waals surface area contributed by atoms with E-state index in [4.69, 9.17) is 10.2 Å². The van der Waals surface area contributed by atoms with Crippen molar-refractivity contribution >= 4 is 0 Å². The zero-order chi connectivity index (χ0) is 8.55. The summed E-state index contributed by atoms with van der Waals surface area (Å²) in [4.78, 5) is 1.77. The Bertz CT molecular complexity index is 268. The van der Waals surface area contributed by atoms with Gasteiger partial charge in [0.1, 0.15) is 0 Å². The molecule has 4 heteroatoms. The number of nitrogens with zero attached hydrogens (tertiary/aromatic N) is 1. The van der Waals surface area contributed by atoms with Gasteiger partial charge in [0, 0.05) is 12.4 Å². The molecule has 1 unspecified atom stereocenters.